The van der Waals surface area contributed by atoms with E-state index in [0.717, 1.165) is 0 Å². The Bertz CT molecular complexity index is 772. The first-order valence-electron chi connectivity index (χ1n) is 6.28. The molecular weight excluding hydrogens is 314 g/mol. The molecule has 2 aromatic heterocycles. The minimum atomic E-state index is -0.778. The topological polar surface area (TPSA) is 128 Å². The zero-order valence-corrected chi connectivity index (χ0v) is 12.1. The second-order valence-electron chi connectivity index (χ2n) is 4.56. The predicted octanol–water partition coefficient (Wildman–Crippen LogP) is 1.62. The van der Waals surface area contributed by atoms with Crippen molar-refractivity contribution in [3.05, 3.63) is 28.3 Å². The van der Waals surface area contributed by atoms with E-state index in [9.17, 15) is 4.79 Å². The quantitative estimate of drug-likeness (QED) is 0.277. The van der Waals surface area contributed by atoms with Crippen LogP contribution in [0.25, 0.3) is 21.6 Å². The van der Waals surface area contributed by atoms with Crippen molar-refractivity contribution in [2.75, 3.05) is 6.61 Å². The normalized spacial score (nSPS) is 24.2. The number of azide groups is 1. The summed E-state index contributed by atoms with van der Waals surface area (Å²) in [5.41, 5.74) is 9.45. The molecule has 10 nitrogen and oxygen atoms in total. The number of esters is 1. The summed E-state index contributed by atoms with van der Waals surface area (Å²) < 4.78 is 12.4. The maximum atomic E-state index is 11.3. The molecule has 0 bridgehead atoms. The molecule has 0 amide bonds. The number of halogens is 1. The lowest BCUT2D eigenvalue weighted by atomic mass is 10.2. The van der Waals surface area contributed by atoms with E-state index in [1.807, 2.05) is 0 Å². The average Bonchev–Trinajstić information content (AvgIpc) is 3.05. The van der Waals surface area contributed by atoms with Crippen molar-refractivity contribution in [2.45, 2.75) is 25.3 Å². The minimum absolute atomic E-state index is 0.116. The number of nitrogens with zero attached hydrogens (tertiary/aromatic N) is 7. The number of fused-ring (bicyclic) bond motifs is 1. The van der Waals surface area contributed by atoms with Crippen molar-refractivity contribution in [3.63, 3.8) is 0 Å². The van der Waals surface area contributed by atoms with E-state index in [-0.39, 0.29) is 11.8 Å². The molecule has 3 unspecified atom stereocenters. The molecule has 3 heterocycles. The first-order valence-corrected chi connectivity index (χ1v) is 6.65. The lowest BCUT2D eigenvalue weighted by Gasteiger charge is -2.21. The molecule has 1 saturated heterocycles. The zero-order chi connectivity index (χ0) is 15.7. The van der Waals surface area contributed by atoms with Crippen molar-refractivity contribution in [1.82, 2.24) is 19.5 Å². The highest BCUT2D eigenvalue weighted by Crippen LogP contribution is 2.32. The maximum Gasteiger partial charge on any atom is 0.303 e. The van der Waals surface area contributed by atoms with Gasteiger partial charge in [0.05, 0.1) is 12.9 Å². The Morgan fingerprint density at radius 2 is 2.41 bits per heavy atom. The number of rotatable bonds is 3. The van der Waals surface area contributed by atoms with E-state index in [1.165, 1.54) is 19.6 Å². The van der Waals surface area contributed by atoms with Crippen LogP contribution in [0, 0.1) is 0 Å². The third-order valence-corrected chi connectivity index (χ3v) is 3.46. The molecule has 22 heavy (non-hydrogen) atoms. The van der Waals surface area contributed by atoms with Gasteiger partial charge in [0, 0.05) is 11.8 Å². The summed E-state index contributed by atoms with van der Waals surface area (Å²) in [5, 5.41) is 3.81. The second-order valence-corrected chi connectivity index (χ2v) is 4.92. The maximum absolute atomic E-state index is 11.3. The van der Waals surface area contributed by atoms with Crippen molar-refractivity contribution in [1.29, 1.82) is 0 Å². The van der Waals surface area contributed by atoms with Gasteiger partial charge in [-0.2, -0.15) is 0 Å². The van der Waals surface area contributed by atoms with Crippen LogP contribution in [-0.4, -0.2) is 44.2 Å². The van der Waals surface area contributed by atoms with Crippen molar-refractivity contribution in [3.8, 4) is 0 Å². The van der Waals surface area contributed by atoms with Gasteiger partial charge in [0.2, 0.25) is 0 Å². The summed E-state index contributed by atoms with van der Waals surface area (Å²) in [6.45, 7) is 1.39. The van der Waals surface area contributed by atoms with Gasteiger partial charge >= 0.3 is 5.97 Å². The van der Waals surface area contributed by atoms with Gasteiger partial charge < -0.3 is 9.47 Å². The Balaban J connectivity index is 2.02. The van der Waals surface area contributed by atoms with Gasteiger partial charge in [-0.1, -0.05) is 16.7 Å². The summed E-state index contributed by atoms with van der Waals surface area (Å²) in [4.78, 5) is 26.1. The molecule has 0 aromatic carbocycles. The van der Waals surface area contributed by atoms with Gasteiger partial charge in [-0.25, -0.2) is 15.0 Å². The van der Waals surface area contributed by atoms with Gasteiger partial charge in [0.25, 0.3) is 0 Å². The highest BCUT2D eigenvalue weighted by atomic mass is 35.5. The number of hydrogen-bond acceptors (Lipinski definition) is 7. The van der Waals surface area contributed by atoms with Gasteiger partial charge in [-0.15, -0.1) is 0 Å². The third-order valence-electron chi connectivity index (χ3n) is 3.19. The number of aromatic nitrogens is 4. The molecule has 2 aromatic rings. The SMILES string of the molecule is CC(=O)OC1C(N=[N+]=[N-])COC1n1cnc2c(Cl)ncnc21. The van der Waals surface area contributed by atoms with E-state index in [4.69, 9.17) is 26.6 Å². The van der Waals surface area contributed by atoms with E-state index >= 15 is 0 Å². The van der Waals surface area contributed by atoms with Crippen molar-refractivity contribution >= 4 is 28.7 Å². The summed E-state index contributed by atoms with van der Waals surface area (Å²) in [6.07, 6.45) is 1.27. The monoisotopic (exact) mass is 323 g/mol. The van der Waals surface area contributed by atoms with Gasteiger partial charge in [-0.3, -0.25) is 9.36 Å². The van der Waals surface area contributed by atoms with Crippen LogP contribution in [0.3, 0.4) is 0 Å². The Kier molecular flexibility index (Phi) is 3.80. The summed E-state index contributed by atoms with van der Waals surface area (Å²) in [5.74, 6) is -0.504. The number of carbonyl (C=O) groups excluding carboxylic acids is 1. The van der Waals surface area contributed by atoms with Crippen LogP contribution < -0.4 is 0 Å². The highest BCUT2D eigenvalue weighted by molar-refractivity contribution is 6.33. The van der Waals surface area contributed by atoms with Crippen LogP contribution in [0.15, 0.2) is 17.8 Å². The van der Waals surface area contributed by atoms with E-state index in [1.54, 1.807) is 4.57 Å². The molecule has 0 radical (unpaired) electrons. The Morgan fingerprint density at radius 1 is 1.59 bits per heavy atom. The molecular formula is C11H10ClN7O3. The summed E-state index contributed by atoms with van der Waals surface area (Å²) >= 11 is 5.96. The number of carbonyl (C=O) groups is 1. The van der Waals surface area contributed by atoms with E-state index in [2.05, 4.69) is 25.0 Å². The highest BCUT2D eigenvalue weighted by Gasteiger charge is 2.41. The molecule has 114 valence electrons. The van der Waals surface area contributed by atoms with Crippen LogP contribution in [0.1, 0.15) is 13.2 Å². The van der Waals surface area contributed by atoms with Gasteiger partial charge in [-0.05, 0) is 5.53 Å². The molecule has 11 heteroatoms. The molecule has 1 aliphatic rings. The van der Waals surface area contributed by atoms with Crippen LogP contribution in [0.5, 0.6) is 0 Å². The van der Waals surface area contributed by atoms with Crippen LogP contribution in [0.2, 0.25) is 5.15 Å². The molecule has 3 atom stereocenters. The molecule has 1 fully saturated rings. The molecule has 0 N–H and O–H groups in total. The number of imidazole rings is 1. The standard InChI is InChI=1S/C11H10ClN7O3/c1-5(20)22-8-6(17-18-13)2-21-11(8)19-4-16-7-9(12)14-3-15-10(7)19/h3-4,6,8,11H,2H2,1H3. The Labute approximate surface area is 128 Å². The molecule has 0 spiro atoms. The first-order chi connectivity index (χ1) is 10.6. The molecule has 1 aliphatic heterocycles. The third kappa shape index (κ3) is 2.43. The fourth-order valence-corrected chi connectivity index (χ4v) is 2.50. The first kappa shape index (κ1) is 14.5. The summed E-state index contributed by atoms with van der Waals surface area (Å²) in [6, 6.07) is -0.631. The van der Waals surface area contributed by atoms with Crippen LogP contribution in [0.4, 0.5) is 0 Å². The Hall–Kier alpha value is -2.42. The Morgan fingerprint density at radius 3 is 3.14 bits per heavy atom. The fraction of sp³-hybridized carbons (Fsp3) is 0.455. The van der Waals surface area contributed by atoms with Crippen molar-refractivity contribution < 1.29 is 14.3 Å². The van der Waals surface area contributed by atoms with Gasteiger partial charge in [0.1, 0.15) is 17.9 Å². The predicted molar refractivity (Wildman–Crippen MR) is 73.8 cm³/mol. The number of hydrogen-bond donors (Lipinski definition) is 0. The average molecular weight is 324 g/mol. The molecule has 0 saturated carbocycles. The fourth-order valence-electron chi connectivity index (χ4n) is 2.32. The van der Waals surface area contributed by atoms with Crippen LogP contribution in [-0.2, 0) is 14.3 Å². The van der Waals surface area contributed by atoms with Crippen LogP contribution >= 0.6 is 11.6 Å². The smallest absolute Gasteiger partial charge is 0.303 e. The van der Waals surface area contributed by atoms with E-state index < -0.39 is 24.3 Å². The largest absolute Gasteiger partial charge is 0.457 e. The summed E-state index contributed by atoms with van der Waals surface area (Å²) in [7, 11) is 0. The lowest BCUT2D eigenvalue weighted by Crippen LogP contribution is -2.31. The zero-order valence-electron chi connectivity index (χ0n) is 11.3. The van der Waals surface area contributed by atoms with Crippen molar-refractivity contribution in [2.24, 2.45) is 5.11 Å². The second kappa shape index (κ2) is 5.76. The molecule has 0 aliphatic carbocycles. The van der Waals surface area contributed by atoms with E-state index in [0.29, 0.717) is 11.2 Å². The number of ether oxygens (including phenoxy) is 2. The minimum Gasteiger partial charge on any atom is -0.457 e. The molecule has 3 rings (SSSR count). The lowest BCUT2D eigenvalue weighted by molar-refractivity contribution is -0.152. The van der Waals surface area contributed by atoms with Gasteiger partial charge in [0.15, 0.2) is 23.1 Å².